The first-order chi connectivity index (χ1) is 7.76. The second-order valence-corrected chi connectivity index (χ2v) is 3.88. The van der Waals surface area contributed by atoms with Gasteiger partial charge in [-0.3, -0.25) is 0 Å². The molecule has 0 spiro atoms. The molecule has 3 nitrogen and oxygen atoms in total. The molecular weight excluding hydrogens is 202 g/mol. The van der Waals surface area contributed by atoms with E-state index in [9.17, 15) is 0 Å². The van der Waals surface area contributed by atoms with Crippen LogP contribution >= 0.6 is 0 Å². The van der Waals surface area contributed by atoms with E-state index in [1.807, 2.05) is 19.2 Å². The minimum absolute atomic E-state index is 0.500. The molecule has 0 amide bonds. The normalized spacial score (nSPS) is 12.4. The van der Waals surface area contributed by atoms with Crippen LogP contribution in [0.4, 0.5) is 0 Å². The number of benzene rings is 1. The van der Waals surface area contributed by atoms with E-state index in [1.165, 1.54) is 5.56 Å². The molecule has 0 aliphatic rings. The predicted molar refractivity (Wildman–Crippen MR) is 66.0 cm³/mol. The summed E-state index contributed by atoms with van der Waals surface area (Å²) in [5.41, 5.74) is 1.32. The fourth-order valence-corrected chi connectivity index (χ4v) is 1.42. The van der Waals surface area contributed by atoms with Crippen molar-refractivity contribution in [2.24, 2.45) is 0 Å². The van der Waals surface area contributed by atoms with Crippen LogP contribution in [0.1, 0.15) is 12.5 Å². The highest BCUT2D eigenvalue weighted by molar-refractivity contribution is 5.27. The van der Waals surface area contributed by atoms with E-state index in [0.29, 0.717) is 19.3 Å². The Hall–Kier alpha value is -1.06. The van der Waals surface area contributed by atoms with Crippen molar-refractivity contribution < 1.29 is 9.47 Å². The highest BCUT2D eigenvalue weighted by atomic mass is 16.5. The van der Waals surface area contributed by atoms with Crippen LogP contribution in [0.25, 0.3) is 0 Å². The first kappa shape index (κ1) is 13.0. The lowest BCUT2D eigenvalue weighted by molar-refractivity contribution is 0.146. The summed E-state index contributed by atoms with van der Waals surface area (Å²) in [5.74, 6) is 0.901. The van der Waals surface area contributed by atoms with Gasteiger partial charge in [0.1, 0.15) is 12.4 Å². The van der Waals surface area contributed by atoms with Crippen LogP contribution in [0.15, 0.2) is 24.3 Å². The Labute approximate surface area is 97.8 Å². The summed E-state index contributed by atoms with van der Waals surface area (Å²) in [5, 5.41) is 3.22. The third-order valence-electron chi connectivity index (χ3n) is 2.51. The molecule has 0 aliphatic carbocycles. The van der Waals surface area contributed by atoms with Crippen LogP contribution in [0.3, 0.4) is 0 Å². The first-order valence-electron chi connectivity index (χ1n) is 5.64. The third-order valence-corrected chi connectivity index (χ3v) is 2.51. The molecule has 1 aromatic carbocycles. The molecule has 3 heteroatoms. The molecule has 0 saturated carbocycles. The Morgan fingerprint density at radius 1 is 1.19 bits per heavy atom. The Bertz CT molecular complexity index is 284. The van der Waals surface area contributed by atoms with Crippen molar-refractivity contribution in [3.63, 3.8) is 0 Å². The zero-order valence-corrected chi connectivity index (χ0v) is 10.3. The maximum absolute atomic E-state index is 5.49. The van der Waals surface area contributed by atoms with Gasteiger partial charge in [0.05, 0.1) is 6.61 Å². The monoisotopic (exact) mass is 223 g/mol. The van der Waals surface area contributed by atoms with Gasteiger partial charge < -0.3 is 14.8 Å². The zero-order valence-electron chi connectivity index (χ0n) is 10.3. The molecule has 0 bridgehead atoms. The molecule has 0 aliphatic heterocycles. The molecule has 1 rings (SSSR count). The van der Waals surface area contributed by atoms with Gasteiger partial charge in [-0.05, 0) is 38.1 Å². The lowest BCUT2D eigenvalue weighted by Gasteiger charge is -2.10. The van der Waals surface area contributed by atoms with Gasteiger partial charge in [-0.15, -0.1) is 0 Å². The number of methoxy groups -OCH3 is 1. The number of nitrogens with one attached hydrogen (secondary N) is 1. The fourth-order valence-electron chi connectivity index (χ4n) is 1.42. The first-order valence-corrected chi connectivity index (χ1v) is 5.64. The topological polar surface area (TPSA) is 30.5 Å². The van der Waals surface area contributed by atoms with E-state index < -0.39 is 0 Å². The summed E-state index contributed by atoms with van der Waals surface area (Å²) >= 11 is 0. The highest BCUT2D eigenvalue weighted by Crippen LogP contribution is 2.13. The number of rotatable bonds is 7. The molecule has 0 aromatic heterocycles. The molecule has 0 heterocycles. The Morgan fingerprint density at radius 2 is 1.88 bits per heavy atom. The van der Waals surface area contributed by atoms with Crippen LogP contribution in [0.2, 0.25) is 0 Å². The van der Waals surface area contributed by atoms with E-state index in [1.54, 1.807) is 7.11 Å². The standard InChI is InChI=1S/C13H21NO2/c1-11(14-2)10-12-4-6-13(7-5-12)16-9-8-15-3/h4-7,11,14H,8-10H2,1-3H3/t11-/m1/s1. The number of ether oxygens (including phenoxy) is 2. The van der Waals surface area contributed by atoms with Crippen molar-refractivity contribution in [1.29, 1.82) is 0 Å². The largest absolute Gasteiger partial charge is 0.491 e. The Balaban J connectivity index is 2.41. The van der Waals surface area contributed by atoms with Crippen LogP contribution in [0, 0.1) is 0 Å². The highest BCUT2D eigenvalue weighted by Gasteiger charge is 2.00. The van der Waals surface area contributed by atoms with Crippen LogP contribution in [-0.2, 0) is 11.2 Å². The predicted octanol–water partition coefficient (Wildman–Crippen LogP) is 1.86. The van der Waals surface area contributed by atoms with E-state index in [2.05, 4.69) is 24.4 Å². The van der Waals surface area contributed by atoms with Crippen molar-refractivity contribution in [2.75, 3.05) is 27.4 Å². The van der Waals surface area contributed by atoms with Gasteiger partial charge >= 0.3 is 0 Å². The molecular formula is C13H21NO2. The van der Waals surface area contributed by atoms with Crippen molar-refractivity contribution >= 4 is 0 Å². The summed E-state index contributed by atoms with van der Waals surface area (Å²) in [7, 11) is 3.65. The molecule has 16 heavy (non-hydrogen) atoms. The summed E-state index contributed by atoms with van der Waals surface area (Å²) in [4.78, 5) is 0. The Morgan fingerprint density at radius 3 is 2.44 bits per heavy atom. The third kappa shape index (κ3) is 4.64. The fraction of sp³-hybridized carbons (Fsp3) is 0.538. The van der Waals surface area contributed by atoms with Crippen molar-refractivity contribution in [3.05, 3.63) is 29.8 Å². The molecule has 1 N–H and O–H groups in total. The van der Waals surface area contributed by atoms with E-state index >= 15 is 0 Å². The smallest absolute Gasteiger partial charge is 0.119 e. The van der Waals surface area contributed by atoms with Gasteiger partial charge in [0, 0.05) is 13.2 Å². The van der Waals surface area contributed by atoms with Crippen LogP contribution < -0.4 is 10.1 Å². The minimum atomic E-state index is 0.500. The molecule has 0 radical (unpaired) electrons. The quantitative estimate of drug-likeness (QED) is 0.716. The van der Waals surface area contributed by atoms with Gasteiger partial charge in [0.15, 0.2) is 0 Å². The van der Waals surface area contributed by atoms with Crippen molar-refractivity contribution in [3.8, 4) is 5.75 Å². The summed E-state index contributed by atoms with van der Waals surface area (Å²) < 4.78 is 10.4. The number of likely N-dealkylation sites (N-methyl/N-ethyl adjacent to an activating group) is 1. The van der Waals surface area contributed by atoms with Gasteiger partial charge in [-0.1, -0.05) is 12.1 Å². The average Bonchev–Trinajstić information content (AvgIpc) is 2.31. The van der Waals surface area contributed by atoms with Gasteiger partial charge in [0.25, 0.3) is 0 Å². The molecule has 0 saturated heterocycles. The number of hydrogen-bond acceptors (Lipinski definition) is 3. The minimum Gasteiger partial charge on any atom is -0.491 e. The number of hydrogen-bond donors (Lipinski definition) is 1. The maximum Gasteiger partial charge on any atom is 0.119 e. The second kappa shape index (κ2) is 7.25. The SMILES string of the molecule is CN[C@H](C)Cc1ccc(OCCOC)cc1. The molecule has 90 valence electrons. The molecule has 0 unspecified atom stereocenters. The molecule has 1 aromatic rings. The molecule has 1 atom stereocenters. The lowest BCUT2D eigenvalue weighted by Crippen LogP contribution is -2.23. The van der Waals surface area contributed by atoms with E-state index in [-0.39, 0.29) is 0 Å². The zero-order chi connectivity index (χ0) is 11.8. The molecule has 0 fully saturated rings. The van der Waals surface area contributed by atoms with Crippen molar-refractivity contribution in [1.82, 2.24) is 5.32 Å². The maximum atomic E-state index is 5.49. The van der Waals surface area contributed by atoms with Gasteiger partial charge in [-0.2, -0.15) is 0 Å². The lowest BCUT2D eigenvalue weighted by atomic mass is 10.1. The summed E-state index contributed by atoms with van der Waals surface area (Å²) in [6.07, 6.45) is 1.04. The van der Waals surface area contributed by atoms with Gasteiger partial charge in [-0.25, -0.2) is 0 Å². The summed E-state index contributed by atoms with van der Waals surface area (Å²) in [6, 6.07) is 8.73. The van der Waals surface area contributed by atoms with Crippen LogP contribution in [-0.4, -0.2) is 33.4 Å². The van der Waals surface area contributed by atoms with Gasteiger partial charge in [0.2, 0.25) is 0 Å². The average molecular weight is 223 g/mol. The van der Waals surface area contributed by atoms with Crippen LogP contribution in [0.5, 0.6) is 5.75 Å². The van der Waals surface area contributed by atoms with Crippen molar-refractivity contribution in [2.45, 2.75) is 19.4 Å². The van der Waals surface area contributed by atoms with E-state index in [0.717, 1.165) is 12.2 Å². The second-order valence-electron chi connectivity index (χ2n) is 3.88. The summed E-state index contributed by atoms with van der Waals surface area (Å²) in [6.45, 7) is 3.39. The van der Waals surface area contributed by atoms with E-state index in [4.69, 9.17) is 9.47 Å². The Kier molecular flexibility index (Phi) is 5.90.